The van der Waals surface area contributed by atoms with E-state index in [-0.39, 0.29) is 5.91 Å². The van der Waals surface area contributed by atoms with Crippen molar-refractivity contribution in [1.29, 1.82) is 0 Å². The number of carbonyl (C=O) groups excluding carboxylic acids is 1. The van der Waals surface area contributed by atoms with Crippen LogP contribution in [0.4, 0.5) is 0 Å². The summed E-state index contributed by atoms with van der Waals surface area (Å²) in [6, 6.07) is 1.87. The van der Waals surface area contributed by atoms with Crippen molar-refractivity contribution in [2.75, 3.05) is 7.05 Å². The van der Waals surface area contributed by atoms with Gasteiger partial charge < -0.3 is 9.88 Å². The van der Waals surface area contributed by atoms with Gasteiger partial charge in [-0.25, -0.2) is 4.98 Å². The van der Waals surface area contributed by atoms with Crippen molar-refractivity contribution < 1.29 is 4.79 Å². The quantitative estimate of drug-likeness (QED) is 0.947. The van der Waals surface area contributed by atoms with Gasteiger partial charge in [-0.3, -0.25) is 4.79 Å². The van der Waals surface area contributed by atoms with Gasteiger partial charge >= 0.3 is 0 Å². The minimum absolute atomic E-state index is 0.00160. The zero-order chi connectivity index (χ0) is 11.5. The van der Waals surface area contributed by atoms with E-state index < -0.39 is 0 Å². The van der Waals surface area contributed by atoms with Crippen LogP contribution in [0, 0.1) is 0 Å². The maximum absolute atomic E-state index is 12.0. The highest BCUT2D eigenvalue weighted by molar-refractivity contribution is 9.10. The number of H-pyrrole nitrogens is 1. The van der Waals surface area contributed by atoms with Crippen molar-refractivity contribution in [3.05, 3.63) is 39.0 Å². The Hall–Kier alpha value is -1.14. The Balaban J connectivity index is 2.08. The van der Waals surface area contributed by atoms with Crippen molar-refractivity contribution in [3.63, 3.8) is 0 Å². The largest absolute Gasteiger partial charge is 0.347 e. The summed E-state index contributed by atoms with van der Waals surface area (Å²) in [5, 5.41) is 1.89. The number of nitrogens with one attached hydrogen (secondary N) is 1. The molecule has 16 heavy (non-hydrogen) atoms. The monoisotopic (exact) mass is 299 g/mol. The smallest absolute Gasteiger partial charge is 0.265 e. The Morgan fingerprint density at radius 2 is 2.50 bits per heavy atom. The molecule has 1 N–H and O–H groups in total. The molecule has 6 heteroatoms. The van der Waals surface area contributed by atoms with E-state index in [1.165, 1.54) is 11.3 Å². The summed E-state index contributed by atoms with van der Waals surface area (Å²) in [4.78, 5) is 21.4. The summed E-state index contributed by atoms with van der Waals surface area (Å²) in [7, 11) is 1.76. The minimum atomic E-state index is -0.00160. The second kappa shape index (κ2) is 4.80. The first-order chi connectivity index (χ1) is 7.68. The molecule has 0 fully saturated rings. The van der Waals surface area contributed by atoms with Crippen LogP contribution >= 0.6 is 27.3 Å². The molecule has 2 rings (SSSR count). The van der Waals surface area contributed by atoms with Gasteiger partial charge in [-0.05, 0) is 27.4 Å². The molecule has 0 aliphatic rings. The highest BCUT2D eigenvalue weighted by Gasteiger charge is 2.16. The van der Waals surface area contributed by atoms with Crippen LogP contribution in [0.5, 0.6) is 0 Å². The third-order valence-corrected chi connectivity index (χ3v) is 3.93. The first kappa shape index (κ1) is 11.3. The molecule has 0 aliphatic carbocycles. The topological polar surface area (TPSA) is 49.0 Å². The van der Waals surface area contributed by atoms with Gasteiger partial charge in [0, 0.05) is 23.9 Å². The van der Waals surface area contributed by atoms with Crippen LogP contribution in [0.15, 0.2) is 28.3 Å². The van der Waals surface area contributed by atoms with Gasteiger partial charge in [-0.1, -0.05) is 0 Å². The van der Waals surface area contributed by atoms with Crippen LogP contribution in [0.3, 0.4) is 0 Å². The molecule has 0 bridgehead atoms. The number of thiophene rings is 1. The molecule has 2 aromatic heterocycles. The van der Waals surface area contributed by atoms with E-state index in [1.54, 1.807) is 24.3 Å². The molecule has 0 saturated carbocycles. The lowest BCUT2D eigenvalue weighted by Gasteiger charge is -2.14. The van der Waals surface area contributed by atoms with Crippen molar-refractivity contribution in [3.8, 4) is 0 Å². The number of nitrogens with zero attached hydrogens (tertiary/aromatic N) is 2. The van der Waals surface area contributed by atoms with Crippen molar-refractivity contribution >= 4 is 33.2 Å². The summed E-state index contributed by atoms with van der Waals surface area (Å²) < 4.78 is 0.841. The van der Waals surface area contributed by atoms with Gasteiger partial charge in [0.05, 0.1) is 6.54 Å². The maximum atomic E-state index is 12.0. The summed E-state index contributed by atoms with van der Waals surface area (Å²) >= 11 is 4.78. The molecule has 0 saturated heterocycles. The number of carbonyl (C=O) groups is 1. The van der Waals surface area contributed by atoms with Gasteiger partial charge in [0.1, 0.15) is 10.7 Å². The van der Waals surface area contributed by atoms with Crippen molar-refractivity contribution in [1.82, 2.24) is 14.9 Å². The van der Waals surface area contributed by atoms with E-state index in [9.17, 15) is 4.79 Å². The highest BCUT2D eigenvalue weighted by Crippen LogP contribution is 2.24. The Morgan fingerprint density at radius 1 is 1.69 bits per heavy atom. The zero-order valence-corrected chi connectivity index (χ0v) is 11.0. The lowest BCUT2D eigenvalue weighted by Crippen LogP contribution is -2.26. The van der Waals surface area contributed by atoms with E-state index in [0.717, 1.165) is 10.3 Å². The molecule has 4 nitrogen and oxygen atoms in total. The Kier molecular flexibility index (Phi) is 3.40. The van der Waals surface area contributed by atoms with Crippen LogP contribution < -0.4 is 0 Å². The van der Waals surface area contributed by atoms with Crippen LogP contribution in [-0.4, -0.2) is 27.8 Å². The maximum Gasteiger partial charge on any atom is 0.265 e. The van der Waals surface area contributed by atoms with E-state index in [4.69, 9.17) is 0 Å². The predicted octanol–water partition coefficient (Wildman–Crippen LogP) is 2.51. The lowest BCUT2D eigenvalue weighted by molar-refractivity contribution is 0.0786. The number of hydrogen-bond donors (Lipinski definition) is 1. The lowest BCUT2D eigenvalue weighted by atomic mass is 10.4. The molecule has 0 aliphatic heterocycles. The number of amides is 1. The Labute approximate surface area is 105 Å². The number of aromatic nitrogens is 2. The molecule has 0 spiro atoms. The summed E-state index contributed by atoms with van der Waals surface area (Å²) in [5.41, 5.74) is 0. The van der Waals surface area contributed by atoms with Crippen LogP contribution in [0.2, 0.25) is 0 Å². The Bertz CT molecular complexity index is 480. The molecular weight excluding hydrogens is 290 g/mol. The average Bonchev–Trinajstić information content (AvgIpc) is 2.88. The van der Waals surface area contributed by atoms with E-state index in [0.29, 0.717) is 11.4 Å². The molecule has 2 heterocycles. The van der Waals surface area contributed by atoms with Crippen LogP contribution in [0.1, 0.15) is 15.5 Å². The fourth-order valence-electron chi connectivity index (χ4n) is 1.30. The van der Waals surface area contributed by atoms with Crippen LogP contribution in [-0.2, 0) is 6.54 Å². The Morgan fingerprint density at radius 3 is 3.06 bits per heavy atom. The van der Waals surface area contributed by atoms with E-state index >= 15 is 0 Å². The van der Waals surface area contributed by atoms with Gasteiger partial charge in [-0.2, -0.15) is 0 Å². The second-order valence-electron chi connectivity index (χ2n) is 3.29. The first-order valence-electron chi connectivity index (χ1n) is 4.65. The number of halogens is 1. The average molecular weight is 300 g/mol. The molecule has 0 atom stereocenters. The summed E-state index contributed by atoms with van der Waals surface area (Å²) in [6.45, 7) is 0.482. The number of imidazole rings is 1. The number of aromatic amines is 1. The van der Waals surface area contributed by atoms with Gasteiger partial charge in [0.25, 0.3) is 5.91 Å². The molecule has 1 amide bonds. The highest BCUT2D eigenvalue weighted by atomic mass is 79.9. The van der Waals surface area contributed by atoms with Crippen LogP contribution in [0.25, 0.3) is 0 Å². The molecule has 0 unspecified atom stereocenters. The first-order valence-corrected chi connectivity index (χ1v) is 6.32. The standard InChI is InChI=1S/C10H10BrN3OS/c1-14(6-8-12-3-4-13-8)10(15)9-7(11)2-5-16-9/h2-5H,6H2,1H3,(H,12,13). The van der Waals surface area contributed by atoms with E-state index in [2.05, 4.69) is 25.9 Å². The van der Waals surface area contributed by atoms with Gasteiger partial charge in [0.15, 0.2) is 0 Å². The third-order valence-electron chi connectivity index (χ3n) is 2.10. The molecule has 84 valence electrons. The zero-order valence-electron chi connectivity index (χ0n) is 8.61. The SMILES string of the molecule is CN(Cc1ncc[nH]1)C(=O)c1sccc1Br. The second-order valence-corrected chi connectivity index (χ2v) is 5.07. The fraction of sp³-hybridized carbons (Fsp3) is 0.200. The molecular formula is C10H10BrN3OS. The molecule has 0 radical (unpaired) electrons. The van der Waals surface area contributed by atoms with Gasteiger partial charge in [0.2, 0.25) is 0 Å². The normalized spacial score (nSPS) is 10.4. The van der Waals surface area contributed by atoms with Crippen molar-refractivity contribution in [2.24, 2.45) is 0 Å². The third kappa shape index (κ3) is 2.33. The van der Waals surface area contributed by atoms with Crippen molar-refractivity contribution in [2.45, 2.75) is 6.54 Å². The predicted molar refractivity (Wildman–Crippen MR) is 66.4 cm³/mol. The number of hydrogen-bond acceptors (Lipinski definition) is 3. The fourth-order valence-corrected chi connectivity index (χ4v) is 2.84. The molecule has 2 aromatic rings. The summed E-state index contributed by atoms with van der Waals surface area (Å²) in [6.07, 6.45) is 3.42. The molecule has 0 aromatic carbocycles. The summed E-state index contributed by atoms with van der Waals surface area (Å²) in [5.74, 6) is 0.779. The number of rotatable bonds is 3. The van der Waals surface area contributed by atoms with Gasteiger partial charge in [-0.15, -0.1) is 11.3 Å². The minimum Gasteiger partial charge on any atom is -0.347 e. The van der Waals surface area contributed by atoms with E-state index in [1.807, 2.05) is 11.4 Å².